The summed E-state index contributed by atoms with van der Waals surface area (Å²) >= 11 is 0. The van der Waals surface area contributed by atoms with E-state index in [4.69, 9.17) is 5.11 Å². The van der Waals surface area contributed by atoms with Gasteiger partial charge in [-0.25, -0.2) is 0 Å². The molecule has 0 aliphatic carbocycles. The van der Waals surface area contributed by atoms with Gasteiger partial charge in [-0.15, -0.1) is 0 Å². The van der Waals surface area contributed by atoms with Gasteiger partial charge in [0.15, 0.2) is 0 Å². The van der Waals surface area contributed by atoms with E-state index in [1.54, 1.807) is 0 Å². The Hall–Kier alpha value is -1.35. The zero-order valence-corrected chi connectivity index (χ0v) is 10.4. The molecule has 1 aromatic rings. The zero-order valence-electron chi connectivity index (χ0n) is 10.4. The molecule has 1 rings (SSSR count). The van der Waals surface area contributed by atoms with Crippen LogP contribution in [-0.4, -0.2) is 24.2 Å². The molecule has 0 aliphatic rings. The fourth-order valence-electron chi connectivity index (χ4n) is 1.71. The van der Waals surface area contributed by atoms with Crippen LogP contribution < -0.4 is 5.32 Å². The van der Waals surface area contributed by atoms with Crippen LogP contribution in [0.4, 0.5) is 0 Å². The smallest absolute Gasteiger partial charge is 0.304 e. The maximum atomic E-state index is 10.3. The number of hydrogen-bond acceptors (Lipinski definition) is 2. The Morgan fingerprint density at radius 2 is 1.71 bits per heavy atom. The van der Waals surface area contributed by atoms with Crippen molar-refractivity contribution < 1.29 is 9.90 Å². The zero-order chi connectivity index (χ0) is 12.5. The number of nitrogens with one attached hydrogen (secondary N) is 1. The highest BCUT2D eigenvalue weighted by atomic mass is 16.4. The normalized spacial score (nSPS) is 10.4. The molecular weight excluding hydrogens is 214 g/mol. The van der Waals surface area contributed by atoms with Crippen molar-refractivity contribution in [1.29, 1.82) is 0 Å². The van der Waals surface area contributed by atoms with E-state index in [9.17, 15) is 4.79 Å². The fourth-order valence-corrected chi connectivity index (χ4v) is 1.71. The van der Waals surface area contributed by atoms with E-state index in [0.717, 1.165) is 19.4 Å². The third-order valence-electron chi connectivity index (χ3n) is 2.67. The van der Waals surface area contributed by atoms with Crippen LogP contribution in [0.5, 0.6) is 0 Å². The van der Waals surface area contributed by atoms with Crippen molar-refractivity contribution in [1.82, 2.24) is 5.32 Å². The molecule has 3 nitrogen and oxygen atoms in total. The topological polar surface area (TPSA) is 49.3 Å². The Balaban J connectivity index is 2.20. The maximum absolute atomic E-state index is 10.3. The lowest BCUT2D eigenvalue weighted by Crippen LogP contribution is -2.20. The average molecular weight is 235 g/mol. The van der Waals surface area contributed by atoms with Crippen LogP contribution in [0.3, 0.4) is 0 Å². The van der Waals surface area contributed by atoms with E-state index in [0.29, 0.717) is 6.54 Å². The molecule has 17 heavy (non-hydrogen) atoms. The molecule has 0 spiro atoms. The van der Waals surface area contributed by atoms with Gasteiger partial charge in [-0.1, -0.05) is 37.6 Å². The first-order valence-electron chi connectivity index (χ1n) is 6.22. The number of carbonyl (C=O) groups is 1. The summed E-state index contributed by atoms with van der Waals surface area (Å²) in [5.41, 5.74) is 2.68. The molecule has 0 amide bonds. The van der Waals surface area contributed by atoms with Crippen molar-refractivity contribution in [3.8, 4) is 0 Å². The molecule has 3 heteroatoms. The molecule has 0 bridgehead atoms. The lowest BCUT2D eigenvalue weighted by atomic mass is 10.1. The van der Waals surface area contributed by atoms with Crippen molar-refractivity contribution in [2.24, 2.45) is 0 Å². The van der Waals surface area contributed by atoms with Gasteiger partial charge in [-0.2, -0.15) is 0 Å². The number of carboxylic acid groups (broad SMARTS) is 1. The molecule has 0 fully saturated rings. The first-order valence-corrected chi connectivity index (χ1v) is 6.22. The average Bonchev–Trinajstić information content (AvgIpc) is 2.31. The minimum absolute atomic E-state index is 0.190. The number of benzene rings is 1. The molecule has 0 aliphatic heterocycles. The molecule has 2 N–H and O–H groups in total. The predicted octanol–water partition coefficient (Wildman–Crippen LogP) is 2.25. The standard InChI is InChI=1S/C14H21NO2/c1-2-3-12-4-6-13(7-5-12)8-10-15-11-9-14(16)17/h4-7,15H,2-3,8-11H2,1H3,(H,16,17). The molecule has 0 unspecified atom stereocenters. The van der Waals surface area contributed by atoms with Gasteiger partial charge in [0.2, 0.25) is 0 Å². The van der Waals surface area contributed by atoms with Crippen molar-refractivity contribution in [2.45, 2.75) is 32.6 Å². The van der Waals surface area contributed by atoms with Crippen molar-refractivity contribution in [3.05, 3.63) is 35.4 Å². The summed E-state index contributed by atoms with van der Waals surface area (Å²) in [6, 6.07) is 8.67. The van der Waals surface area contributed by atoms with Gasteiger partial charge >= 0.3 is 5.97 Å². The van der Waals surface area contributed by atoms with Crippen LogP contribution in [-0.2, 0) is 17.6 Å². The largest absolute Gasteiger partial charge is 0.481 e. The van der Waals surface area contributed by atoms with E-state index >= 15 is 0 Å². The van der Waals surface area contributed by atoms with E-state index in [-0.39, 0.29) is 6.42 Å². The van der Waals surface area contributed by atoms with Crippen LogP contribution in [0, 0.1) is 0 Å². The second-order valence-electron chi connectivity index (χ2n) is 4.21. The van der Waals surface area contributed by atoms with Gasteiger partial charge < -0.3 is 10.4 Å². The quantitative estimate of drug-likeness (QED) is 0.679. The van der Waals surface area contributed by atoms with E-state index < -0.39 is 5.97 Å². The molecule has 0 heterocycles. The number of aliphatic carboxylic acids is 1. The van der Waals surface area contributed by atoms with Gasteiger partial charge in [-0.05, 0) is 30.5 Å². The molecule has 0 atom stereocenters. The highest BCUT2D eigenvalue weighted by Crippen LogP contribution is 2.06. The summed E-state index contributed by atoms with van der Waals surface area (Å²) in [5, 5.41) is 11.6. The van der Waals surface area contributed by atoms with Gasteiger partial charge in [0.1, 0.15) is 0 Å². The number of aryl methyl sites for hydroxylation is 1. The number of hydrogen-bond donors (Lipinski definition) is 2. The second kappa shape index (κ2) is 7.85. The van der Waals surface area contributed by atoms with Crippen LogP contribution in [0.2, 0.25) is 0 Å². The Labute approximate surface area is 103 Å². The first-order chi connectivity index (χ1) is 8.22. The summed E-state index contributed by atoms with van der Waals surface area (Å²) in [7, 11) is 0. The van der Waals surface area contributed by atoms with Crippen molar-refractivity contribution >= 4 is 5.97 Å². The highest BCUT2D eigenvalue weighted by Gasteiger charge is 1.97. The summed E-state index contributed by atoms with van der Waals surface area (Å²) in [5.74, 6) is -0.749. The van der Waals surface area contributed by atoms with Gasteiger partial charge in [0.25, 0.3) is 0 Å². The molecule has 0 saturated carbocycles. The molecule has 1 aromatic carbocycles. The van der Waals surface area contributed by atoms with Gasteiger partial charge in [0.05, 0.1) is 6.42 Å². The Morgan fingerprint density at radius 1 is 1.12 bits per heavy atom. The lowest BCUT2D eigenvalue weighted by molar-refractivity contribution is -0.136. The SMILES string of the molecule is CCCc1ccc(CCNCCC(=O)O)cc1. The molecule has 0 saturated heterocycles. The predicted molar refractivity (Wildman–Crippen MR) is 69.3 cm³/mol. The van der Waals surface area contributed by atoms with E-state index in [2.05, 4.69) is 36.5 Å². The first kappa shape index (κ1) is 13.7. The molecule has 0 radical (unpaired) electrons. The lowest BCUT2D eigenvalue weighted by Gasteiger charge is -2.04. The Bertz CT molecular complexity index is 333. The van der Waals surface area contributed by atoms with Gasteiger partial charge in [-0.3, -0.25) is 4.79 Å². The summed E-state index contributed by atoms with van der Waals surface area (Å²) < 4.78 is 0. The highest BCUT2D eigenvalue weighted by molar-refractivity contribution is 5.66. The third kappa shape index (κ3) is 6.07. The van der Waals surface area contributed by atoms with Crippen LogP contribution in [0.25, 0.3) is 0 Å². The van der Waals surface area contributed by atoms with Gasteiger partial charge in [0, 0.05) is 6.54 Å². The van der Waals surface area contributed by atoms with E-state index in [1.165, 1.54) is 17.5 Å². The molecule has 0 aromatic heterocycles. The monoisotopic (exact) mass is 235 g/mol. The Morgan fingerprint density at radius 3 is 2.24 bits per heavy atom. The Kier molecular flexibility index (Phi) is 6.33. The third-order valence-corrected chi connectivity index (χ3v) is 2.67. The fraction of sp³-hybridized carbons (Fsp3) is 0.500. The van der Waals surface area contributed by atoms with Crippen molar-refractivity contribution in [3.63, 3.8) is 0 Å². The number of rotatable bonds is 8. The van der Waals surface area contributed by atoms with Crippen LogP contribution in [0.1, 0.15) is 30.9 Å². The summed E-state index contributed by atoms with van der Waals surface area (Å²) in [6.07, 6.45) is 3.45. The van der Waals surface area contributed by atoms with E-state index in [1.807, 2.05) is 0 Å². The second-order valence-corrected chi connectivity index (χ2v) is 4.21. The van der Waals surface area contributed by atoms with Crippen molar-refractivity contribution in [2.75, 3.05) is 13.1 Å². The number of carboxylic acids is 1. The summed E-state index contributed by atoms with van der Waals surface area (Å²) in [4.78, 5) is 10.3. The minimum Gasteiger partial charge on any atom is -0.481 e. The minimum atomic E-state index is -0.749. The maximum Gasteiger partial charge on any atom is 0.304 e. The summed E-state index contributed by atoms with van der Waals surface area (Å²) in [6.45, 7) is 3.56. The van der Waals surface area contributed by atoms with Crippen LogP contribution >= 0.6 is 0 Å². The van der Waals surface area contributed by atoms with Crippen LogP contribution in [0.15, 0.2) is 24.3 Å². The molecular formula is C14H21NO2. The molecule has 94 valence electrons.